The Morgan fingerprint density at radius 2 is 2.56 bits per heavy atom. The molecule has 54 valence electrons. The zero-order valence-electron chi connectivity index (χ0n) is 5.47. The molecule has 1 saturated heterocycles. The Morgan fingerprint density at radius 3 is 3.11 bits per heavy atom. The van der Waals surface area contributed by atoms with Gasteiger partial charge >= 0.3 is 0 Å². The van der Waals surface area contributed by atoms with E-state index in [0.717, 1.165) is 18.9 Å². The molecule has 1 fully saturated rings. The van der Waals surface area contributed by atoms with Gasteiger partial charge in [0.1, 0.15) is 0 Å². The molecule has 1 aliphatic rings. The van der Waals surface area contributed by atoms with Crippen LogP contribution in [0.25, 0.3) is 0 Å². The lowest BCUT2D eigenvalue weighted by atomic mass is 10.0. The Hall–Kier alpha value is 0.270. The van der Waals surface area contributed by atoms with E-state index in [1.54, 1.807) is 11.9 Å². The Morgan fingerprint density at radius 1 is 1.67 bits per heavy atom. The molecule has 3 heteroatoms. The van der Waals surface area contributed by atoms with Gasteiger partial charge in [-0.3, -0.25) is 4.72 Å². The van der Waals surface area contributed by atoms with Gasteiger partial charge in [0.25, 0.3) is 0 Å². The second-order valence-corrected chi connectivity index (χ2v) is 3.35. The third-order valence-electron chi connectivity index (χ3n) is 1.64. The van der Waals surface area contributed by atoms with Gasteiger partial charge in [-0.25, -0.2) is 0 Å². The van der Waals surface area contributed by atoms with E-state index in [1.165, 1.54) is 12.2 Å². The first-order chi connectivity index (χ1) is 4.43. The van der Waals surface area contributed by atoms with Crippen molar-refractivity contribution in [1.29, 1.82) is 0 Å². The molecule has 0 radical (unpaired) electrons. The van der Waals surface area contributed by atoms with E-state index in [1.807, 2.05) is 0 Å². The SMILES string of the molecule is OCCC1CCSNC1. The lowest BCUT2D eigenvalue weighted by Gasteiger charge is -2.20. The third kappa shape index (κ3) is 2.56. The van der Waals surface area contributed by atoms with Crippen molar-refractivity contribution in [1.82, 2.24) is 4.72 Å². The lowest BCUT2D eigenvalue weighted by Crippen LogP contribution is -2.24. The largest absolute Gasteiger partial charge is 0.396 e. The molecule has 1 rings (SSSR count). The minimum atomic E-state index is 0.344. The topological polar surface area (TPSA) is 32.3 Å². The molecule has 0 aromatic rings. The van der Waals surface area contributed by atoms with Gasteiger partial charge in [-0.05, 0) is 18.8 Å². The van der Waals surface area contributed by atoms with Crippen LogP contribution in [-0.4, -0.2) is 24.0 Å². The minimum Gasteiger partial charge on any atom is -0.396 e. The average molecular weight is 147 g/mol. The van der Waals surface area contributed by atoms with E-state index in [0.29, 0.717) is 6.61 Å². The Balaban J connectivity index is 2.08. The fourth-order valence-corrected chi connectivity index (χ4v) is 1.95. The van der Waals surface area contributed by atoms with Crippen LogP contribution in [0, 0.1) is 5.92 Å². The van der Waals surface area contributed by atoms with Gasteiger partial charge in [0.05, 0.1) is 0 Å². The van der Waals surface area contributed by atoms with Crippen molar-refractivity contribution in [2.75, 3.05) is 18.9 Å². The van der Waals surface area contributed by atoms with Crippen molar-refractivity contribution in [3.05, 3.63) is 0 Å². The van der Waals surface area contributed by atoms with Crippen LogP contribution in [0.4, 0.5) is 0 Å². The van der Waals surface area contributed by atoms with Crippen molar-refractivity contribution in [2.45, 2.75) is 12.8 Å². The molecule has 0 spiro atoms. The molecule has 1 aliphatic heterocycles. The van der Waals surface area contributed by atoms with Gasteiger partial charge in [0, 0.05) is 18.9 Å². The smallest absolute Gasteiger partial charge is 0.0434 e. The number of hydrogen-bond donors (Lipinski definition) is 2. The molecule has 2 nitrogen and oxygen atoms in total. The molecule has 1 heterocycles. The fraction of sp³-hybridized carbons (Fsp3) is 1.00. The maximum absolute atomic E-state index is 8.58. The molecule has 0 aromatic heterocycles. The van der Waals surface area contributed by atoms with Crippen LogP contribution in [0.5, 0.6) is 0 Å². The van der Waals surface area contributed by atoms with Crippen LogP contribution in [0.2, 0.25) is 0 Å². The summed E-state index contributed by atoms with van der Waals surface area (Å²) in [5, 5.41) is 8.58. The highest BCUT2D eigenvalue weighted by Gasteiger charge is 2.11. The summed E-state index contributed by atoms with van der Waals surface area (Å²) in [7, 11) is 0. The minimum absolute atomic E-state index is 0.344. The highest BCUT2D eigenvalue weighted by atomic mass is 32.2. The molecule has 0 bridgehead atoms. The van der Waals surface area contributed by atoms with Crippen molar-refractivity contribution in [3.8, 4) is 0 Å². The van der Waals surface area contributed by atoms with E-state index in [4.69, 9.17) is 5.11 Å². The van der Waals surface area contributed by atoms with Gasteiger partial charge < -0.3 is 5.11 Å². The first-order valence-corrected chi connectivity index (χ1v) is 4.37. The average Bonchev–Trinajstić information content (AvgIpc) is 1.91. The molecular weight excluding hydrogens is 134 g/mol. The Labute approximate surface area is 60.2 Å². The lowest BCUT2D eigenvalue weighted by molar-refractivity contribution is 0.254. The van der Waals surface area contributed by atoms with Gasteiger partial charge in [-0.1, -0.05) is 11.9 Å². The highest BCUT2D eigenvalue weighted by Crippen LogP contribution is 2.16. The molecular formula is C6H13NOS. The standard InChI is InChI=1S/C6H13NOS/c8-3-1-6-2-4-9-7-5-6/h6-8H,1-5H2. The van der Waals surface area contributed by atoms with E-state index in [2.05, 4.69) is 4.72 Å². The van der Waals surface area contributed by atoms with Gasteiger partial charge in [0.15, 0.2) is 0 Å². The first kappa shape index (κ1) is 7.38. The first-order valence-electron chi connectivity index (χ1n) is 3.39. The number of nitrogens with one attached hydrogen (secondary N) is 1. The molecule has 0 aliphatic carbocycles. The second-order valence-electron chi connectivity index (χ2n) is 2.36. The molecule has 2 N–H and O–H groups in total. The second kappa shape index (κ2) is 4.14. The third-order valence-corrected chi connectivity index (χ3v) is 2.45. The van der Waals surface area contributed by atoms with Crippen molar-refractivity contribution >= 4 is 11.9 Å². The van der Waals surface area contributed by atoms with Crippen molar-refractivity contribution in [2.24, 2.45) is 5.92 Å². The zero-order valence-corrected chi connectivity index (χ0v) is 6.28. The number of aliphatic hydroxyl groups is 1. The van der Waals surface area contributed by atoms with Crippen LogP contribution in [0.15, 0.2) is 0 Å². The van der Waals surface area contributed by atoms with Gasteiger partial charge in [-0.15, -0.1) is 0 Å². The summed E-state index contributed by atoms with van der Waals surface area (Å²) in [6.07, 6.45) is 2.23. The summed E-state index contributed by atoms with van der Waals surface area (Å²) in [5.41, 5.74) is 0. The Kier molecular flexibility index (Phi) is 3.40. The molecule has 1 unspecified atom stereocenters. The summed E-state index contributed by atoms with van der Waals surface area (Å²) in [6, 6.07) is 0. The van der Waals surface area contributed by atoms with Gasteiger partial charge in [-0.2, -0.15) is 0 Å². The van der Waals surface area contributed by atoms with E-state index in [9.17, 15) is 0 Å². The van der Waals surface area contributed by atoms with E-state index >= 15 is 0 Å². The predicted octanol–water partition coefficient (Wildman–Crippen LogP) is 0.626. The van der Waals surface area contributed by atoms with Crippen molar-refractivity contribution < 1.29 is 5.11 Å². The summed E-state index contributed by atoms with van der Waals surface area (Å²) < 4.78 is 3.23. The number of hydrogen-bond acceptors (Lipinski definition) is 3. The fourth-order valence-electron chi connectivity index (χ4n) is 1.01. The monoisotopic (exact) mass is 147 g/mol. The zero-order chi connectivity index (χ0) is 6.53. The number of aliphatic hydroxyl groups excluding tert-OH is 1. The van der Waals surface area contributed by atoms with Crippen LogP contribution < -0.4 is 4.72 Å². The summed E-state index contributed by atoms with van der Waals surface area (Å²) in [5.74, 6) is 1.92. The Bertz CT molecular complexity index is 70.7. The molecule has 0 aromatic carbocycles. The highest BCUT2D eigenvalue weighted by molar-refractivity contribution is 7.97. The number of rotatable bonds is 2. The summed E-state index contributed by atoms with van der Waals surface area (Å²) in [6.45, 7) is 1.42. The van der Waals surface area contributed by atoms with E-state index in [-0.39, 0.29) is 0 Å². The van der Waals surface area contributed by atoms with Crippen LogP contribution in [0.1, 0.15) is 12.8 Å². The van der Waals surface area contributed by atoms with Crippen molar-refractivity contribution in [3.63, 3.8) is 0 Å². The molecule has 9 heavy (non-hydrogen) atoms. The predicted molar refractivity (Wildman–Crippen MR) is 40.3 cm³/mol. The van der Waals surface area contributed by atoms with Crippen LogP contribution in [-0.2, 0) is 0 Å². The maximum atomic E-state index is 8.58. The normalized spacial score (nSPS) is 28.3. The van der Waals surface area contributed by atoms with Crippen LogP contribution in [0.3, 0.4) is 0 Å². The molecule has 0 saturated carbocycles. The summed E-state index contributed by atoms with van der Waals surface area (Å²) in [4.78, 5) is 0. The maximum Gasteiger partial charge on any atom is 0.0434 e. The molecule has 0 amide bonds. The van der Waals surface area contributed by atoms with Crippen LogP contribution >= 0.6 is 11.9 Å². The quantitative estimate of drug-likeness (QED) is 0.562. The van der Waals surface area contributed by atoms with Gasteiger partial charge in [0.2, 0.25) is 0 Å². The van der Waals surface area contributed by atoms with E-state index < -0.39 is 0 Å². The molecule has 1 atom stereocenters. The summed E-state index contributed by atoms with van der Waals surface area (Å²) >= 11 is 1.79.